The Labute approximate surface area is 187 Å². The fourth-order valence-corrected chi connectivity index (χ4v) is 5.42. The molecule has 0 spiro atoms. The highest BCUT2D eigenvalue weighted by Gasteiger charge is 2.27. The van der Waals surface area contributed by atoms with Crippen LogP contribution in [0.1, 0.15) is 0 Å². The van der Waals surface area contributed by atoms with Gasteiger partial charge in [-0.3, -0.25) is 9.10 Å². The summed E-state index contributed by atoms with van der Waals surface area (Å²) in [6.45, 7) is 0.669. The Kier molecular flexibility index (Phi) is 7.39. The van der Waals surface area contributed by atoms with Crippen LogP contribution in [0.25, 0.3) is 0 Å². The summed E-state index contributed by atoms with van der Waals surface area (Å²) in [5.74, 6) is -0.0199. The highest BCUT2D eigenvalue weighted by atomic mass is 32.2. The highest BCUT2D eigenvalue weighted by molar-refractivity contribution is 7.92. The normalized spacial score (nSPS) is 15.2. The molecule has 1 aliphatic heterocycles. The van der Waals surface area contributed by atoms with Crippen molar-refractivity contribution in [1.82, 2.24) is 4.31 Å². The van der Waals surface area contributed by atoms with Gasteiger partial charge in [0.05, 0.1) is 37.2 Å². The maximum atomic E-state index is 12.8. The van der Waals surface area contributed by atoms with E-state index in [1.165, 1.54) is 35.7 Å². The standard InChI is InChI=1S/C20H25N3O7S2/c1-29-18-5-3-4-16(14-18)21-20(24)15-23(31(2,25)26)17-6-8-19(9-7-17)32(27,28)22-10-12-30-13-11-22/h3-9,14H,10-13,15H2,1-2H3,(H,21,24). The van der Waals surface area contributed by atoms with Gasteiger partial charge in [-0.25, -0.2) is 16.8 Å². The van der Waals surface area contributed by atoms with Crippen molar-refractivity contribution in [1.29, 1.82) is 0 Å². The number of carbonyl (C=O) groups excluding carboxylic acids is 1. The van der Waals surface area contributed by atoms with Crippen LogP contribution in [-0.4, -0.2) is 73.3 Å². The molecule has 1 N–H and O–H groups in total. The smallest absolute Gasteiger partial charge is 0.245 e. The predicted molar refractivity (Wildman–Crippen MR) is 120 cm³/mol. The number of amides is 1. The second-order valence-electron chi connectivity index (χ2n) is 7.06. The van der Waals surface area contributed by atoms with Gasteiger partial charge in [-0.1, -0.05) is 6.07 Å². The summed E-state index contributed by atoms with van der Waals surface area (Å²) in [4.78, 5) is 12.5. The van der Waals surface area contributed by atoms with Crippen LogP contribution in [-0.2, 0) is 29.6 Å². The van der Waals surface area contributed by atoms with Crippen LogP contribution >= 0.6 is 0 Å². The molecule has 0 atom stereocenters. The monoisotopic (exact) mass is 483 g/mol. The number of ether oxygens (including phenoxy) is 2. The van der Waals surface area contributed by atoms with Crippen LogP contribution in [0, 0.1) is 0 Å². The molecule has 12 heteroatoms. The summed E-state index contributed by atoms with van der Waals surface area (Å²) in [6.07, 6.45) is 0.976. The number of rotatable bonds is 8. The van der Waals surface area contributed by atoms with Crippen molar-refractivity contribution >= 4 is 37.3 Å². The van der Waals surface area contributed by atoms with Crippen molar-refractivity contribution in [2.24, 2.45) is 0 Å². The molecule has 3 rings (SSSR count). The van der Waals surface area contributed by atoms with Crippen molar-refractivity contribution in [2.75, 3.05) is 55.8 Å². The molecule has 2 aromatic carbocycles. The number of sulfonamides is 2. The largest absolute Gasteiger partial charge is 0.497 e. The lowest BCUT2D eigenvalue weighted by molar-refractivity contribution is -0.114. The topological polar surface area (TPSA) is 122 Å². The molecular weight excluding hydrogens is 458 g/mol. The first kappa shape index (κ1) is 24.0. The summed E-state index contributed by atoms with van der Waals surface area (Å²) < 4.78 is 62.7. The van der Waals surface area contributed by atoms with Gasteiger partial charge in [0.15, 0.2) is 0 Å². The summed E-state index contributed by atoms with van der Waals surface area (Å²) in [5, 5.41) is 2.63. The fraction of sp³-hybridized carbons (Fsp3) is 0.350. The molecule has 1 saturated heterocycles. The van der Waals surface area contributed by atoms with E-state index < -0.39 is 32.5 Å². The van der Waals surface area contributed by atoms with Crippen LogP contribution in [0.2, 0.25) is 0 Å². The number of benzene rings is 2. The zero-order valence-electron chi connectivity index (χ0n) is 17.7. The van der Waals surface area contributed by atoms with E-state index in [2.05, 4.69) is 5.32 Å². The second kappa shape index (κ2) is 9.86. The van der Waals surface area contributed by atoms with Gasteiger partial charge in [0.1, 0.15) is 12.3 Å². The Morgan fingerprint density at radius 1 is 1.09 bits per heavy atom. The Morgan fingerprint density at radius 3 is 2.34 bits per heavy atom. The molecule has 0 aliphatic carbocycles. The molecule has 32 heavy (non-hydrogen) atoms. The highest BCUT2D eigenvalue weighted by Crippen LogP contribution is 2.23. The molecular formula is C20H25N3O7S2. The average Bonchev–Trinajstić information content (AvgIpc) is 2.77. The maximum Gasteiger partial charge on any atom is 0.245 e. The molecule has 0 bridgehead atoms. The van der Waals surface area contributed by atoms with Gasteiger partial charge in [-0.15, -0.1) is 0 Å². The number of anilines is 2. The van der Waals surface area contributed by atoms with Gasteiger partial charge in [0.2, 0.25) is 26.0 Å². The molecule has 1 heterocycles. The van der Waals surface area contributed by atoms with E-state index in [1.807, 2.05) is 0 Å². The fourth-order valence-electron chi connectivity index (χ4n) is 3.15. The zero-order chi connectivity index (χ0) is 23.4. The molecule has 1 aliphatic rings. The summed E-state index contributed by atoms with van der Waals surface area (Å²) >= 11 is 0. The Balaban J connectivity index is 1.78. The number of methoxy groups -OCH3 is 1. The van der Waals surface area contributed by atoms with Crippen molar-refractivity contribution in [3.63, 3.8) is 0 Å². The van der Waals surface area contributed by atoms with E-state index in [-0.39, 0.29) is 23.7 Å². The van der Waals surface area contributed by atoms with Crippen molar-refractivity contribution in [3.05, 3.63) is 48.5 Å². The summed E-state index contributed by atoms with van der Waals surface area (Å²) in [7, 11) is -6.04. The second-order valence-corrected chi connectivity index (χ2v) is 10.9. The minimum Gasteiger partial charge on any atom is -0.497 e. The molecule has 10 nitrogen and oxygen atoms in total. The minimum absolute atomic E-state index is 0.0393. The number of nitrogens with one attached hydrogen (secondary N) is 1. The SMILES string of the molecule is COc1cccc(NC(=O)CN(c2ccc(S(=O)(=O)N3CCOCC3)cc2)S(C)(=O)=O)c1. The van der Waals surface area contributed by atoms with Gasteiger partial charge < -0.3 is 14.8 Å². The zero-order valence-corrected chi connectivity index (χ0v) is 19.4. The molecule has 2 aromatic rings. The molecule has 0 radical (unpaired) electrons. The predicted octanol–water partition coefficient (Wildman–Crippen LogP) is 1.12. The lowest BCUT2D eigenvalue weighted by Crippen LogP contribution is -2.40. The van der Waals surface area contributed by atoms with Crippen molar-refractivity contribution in [3.8, 4) is 5.75 Å². The third kappa shape index (κ3) is 5.76. The average molecular weight is 484 g/mol. The molecule has 0 aromatic heterocycles. The van der Waals surface area contributed by atoms with E-state index in [0.29, 0.717) is 24.7 Å². The number of carbonyl (C=O) groups is 1. The Bertz CT molecular complexity index is 1160. The van der Waals surface area contributed by atoms with Crippen LogP contribution in [0.5, 0.6) is 5.75 Å². The lowest BCUT2D eigenvalue weighted by Gasteiger charge is -2.26. The van der Waals surface area contributed by atoms with Crippen molar-refractivity contribution in [2.45, 2.75) is 4.90 Å². The molecule has 0 unspecified atom stereocenters. The minimum atomic E-state index is -3.82. The number of hydrogen-bond acceptors (Lipinski definition) is 7. The lowest BCUT2D eigenvalue weighted by atomic mass is 10.3. The summed E-state index contributed by atoms with van der Waals surface area (Å²) in [6, 6.07) is 12.1. The van der Waals surface area contributed by atoms with Gasteiger partial charge in [0, 0.05) is 24.8 Å². The molecule has 174 valence electrons. The van der Waals surface area contributed by atoms with E-state index in [9.17, 15) is 21.6 Å². The van der Waals surface area contributed by atoms with Crippen LogP contribution in [0.4, 0.5) is 11.4 Å². The van der Waals surface area contributed by atoms with Gasteiger partial charge in [-0.05, 0) is 36.4 Å². The van der Waals surface area contributed by atoms with E-state index in [0.717, 1.165) is 10.6 Å². The number of nitrogens with zero attached hydrogens (tertiary/aromatic N) is 2. The quantitative estimate of drug-likeness (QED) is 0.597. The third-order valence-electron chi connectivity index (χ3n) is 4.77. The molecule has 1 fully saturated rings. The molecule has 0 saturated carbocycles. The first-order chi connectivity index (χ1) is 15.1. The Hall–Kier alpha value is -2.67. The van der Waals surface area contributed by atoms with Crippen LogP contribution < -0.4 is 14.4 Å². The summed E-state index contributed by atoms with van der Waals surface area (Å²) in [5.41, 5.74) is 0.629. The van der Waals surface area contributed by atoms with Gasteiger partial charge in [0.25, 0.3) is 0 Å². The van der Waals surface area contributed by atoms with E-state index >= 15 is 0 Å². The third-order valence-corrected chi connectivity index (χ3v) is 7.83. The van der Waals surface area contributed by atoms with E-state index in [4.69, 9.17) is 9.47 Å². The molecule has 1 amide bonds. The Morgan fingerprint density at radius 2 is 1.75 bits per heavy atom. The van der Waals surface area contributed by atoms with E-state index in [1.54, 1.807) is 24.3 Å². The van der Waals surface area contributed by atoms with Crippen LogP contribution in [0.3, 0.4) is 0 Å². The first-order valence-electron chi connectivity index (χ1n) is 9.71. The maximum absolute atomic E-state index is 12.8. The van der Waals surface area contributed by atoms with Crippen LogP contribution in [0.15, 0.2) is 53.4 Å². The van der Waals surface area contributed by atoms with Gasteiger partial charge >= 0.3 is 0 Å². The number of hydrogen-bond donors (Lipinski definition) is 1. The van der Waals surface area contributed by atoms with Gasteiger partial charge in [-0.2, -0.15) is 4.31 Å². The van der Waals surface area contributed by atoms with Crippen molar-refractivity contribution < 1.29 is 31.1 Å². The first-order valence-corrected chi connectivity index (χ1v) is 13.0. The number of morpholine rings is 1.